The molecule has 1 N–H and O–H groups in total. The molecule has 1 unspecified atom stereocenters. The number of carbonyl (C=O) groups is 1. The van der Waals surface area contributed by atoms with E-state index in [2.05, 4.69) is 46.4 Å². The Kier molecular flexibility index (Phi) is 8.82. The molecule has 2 heterocycles. The smallest absolute Gasteiger partial charge is 0.251 e. The summed E-state index contributed by atoms with van der Waals surface area (Å²) >= 11 is 0. The van der Waals surface area contributed by atoms with Crippen LogP contribution in [0.4, 0.5) is 0 Å². The van der Waals surface area contributed by atoms with Gasteiger partial charge in [-0.2, -0.15) is 0 Å². The standard InChI is InChI=1S/C20H30N4O2.HI/c1-3-16-7-4-5-8-17(16)15-22-20(21-2)24-12-10-23(11-13-24)19(25)18-9-6-14-26-18;/h4-5,7-8,18H,3,6,9-15H2,1-2H3,(H,21,22);1H. The highest BCUT2D eigenvalue weighted by Gasteiger charge is 2.30. The molecule has 2 aliphatic heterocycles. The molecule has 3 rings (SSSR count). The molecule has 1 atom stereocenters. The lowest BCUT2D eigenvalue weighted by molar-refractivity contribution is -0.142. The number of halogens is 1. The van der Waals surface area contributed by atoms with Gasteiger partial charge in [-0.15, -0.1) is 24.0 Å². The fraction of sp³-hybridized carbons (Fsp3) is 0.600. The van der Waals surface area contributed by atoms with Gasteiger partial charge in [-0.05, 0) is 30.4 Å². The van der Waals surface area contributed by atoms with E-state index in [9.17, 15) is 4.79 Å². The van der Waals surface area contributed by atoms with Gasteiger partial charge < -0.3 is 19.9 Å². The van der Waals surface area contributed by atoms with Crippen molar-refractivity contribution in [1.29, 1.82) is 0 Å². The summed E-state index contributed by atoms with van der Waals surface area (Å²) in [5.74, 6) is 1.06. The maximum atomic E-state index is 12.5. The van der Waals surface area contributed by atoms with Gasteiger partial charge >= 0.3 is 0 Å². The number of benzene rings is 1. The fourth-order valence-corrected chi connectivity index (χ4v) is 3.70. The second kappa shape index (κ2) is 10.8. The number of hydrogen-bond acceptors (Lipinski definition) is 3. The minimum atomic E-state index is -0.218. The van der Waals surface area contributed by atoms with Gasteiger partial charge in [-0.1, -0.05) is 31.2 Å². The Hall–Kier alpha value is -1.35. The number of rotatable bonds is 4. The Morgan fingerprint density at radius 2 is 1.85 bits per heavy atom. The number of aliphatic imine (C=N–C) groups is 1. The van der Waals surface area contributed by atoms with Crippen LogP contribution >= 0.6 is 24.0 Å². The number of ether oxygens (including phenoxy) is 1. The first-order valence-electron chi connectivity index (χ1n) is 9.65. The van der Waals surface area contributed by atoms with Crippen molar-refractivity contribution in [2.75, 3.05) is 39.8 Å². The summed E-state index contributed by atoms with van der Waals surface area (Å²) in [6.45, 7) is 6.72. The second-order valence-corrected chi connectivity index (χ2v) is 6.84. The van der Waals surface area contributed by atoms with Crippen LogP contribution in [0.15, 0.2) is 29.3 Å². The van der Waals surface area contributed by atoms with E-state index < -0.39 is 0 Å². The summed E-state index contributed by atoms with van der Waals surface area (Å²) in [5, 5.41) is 3.48. The van der Waals surface area contributed by atoms with Gasteiger partial charge in [0.05, 0.1) is 0 Å². The van der Waals surface area contributed by atoms with Crippen molar-refractivity contribution in [2.24, 2.45) is 4.99 Å². The van der Waals surface area contributed by atoms with Gasteiger partial charge in [0.1, 0.15) is 6.10 Å². The summed E-state index contributed by atoms with van der Waals surface area (Å²) < 4.78 is 5.53. The topological polar surface area (TPSA) is 57.2 Å². The Morgan fingerprint density at radius 1 is 1.19 bits per heavy atom. The van der Waals surface area contributed by atoms with E-state index in [1.165, 1.54) is 11.1 Å². The average molecular weight is 486 g/mol. The SMILES string of the molecule is CCc1ccccc1CNC(=NC)N1CCN(C(=O)C2CCCO2)CC1.I. The first kappa shape index (κ1) is 21.9. The van der Waals surface area contributed by atoms with E-state index in [0.717, 1.165) is 57.9 Å². The minimum Gasteiger partial charge on any atom is -0.368 e. The molecule has 1 amide bonds. The number of nitrogens with zero attached hydrogens (tertiary/aromatic N) is 3. The lowest BCUT2D eigenvalue weighted by atomic mass is 10.1. The number of amides is 1. The summed E-state index contributed by atoms with van der Waals surface area (Å²) in [7, 11) is 1.82. The molecule has 0 bridgehead atoms. The molecule has 2 saturated heterocycles. The average Bonchev–Trinajstić information content (AvgIpc) is 3.23. The third kappa shape index (κ3) is 5.57. The second-order valence-electron chi connectivity index (χ2n) is 6.84. The summed E-state index contributed by atoms with van der Waals surface area (Å²) in [5.41, 5.74) is 2.67. The third-order valence-electron chi connectivity index (χ3n) is 5.24. The molecular formula is C20H31IN4O2. The van der Waals surface area contributed by atoms with Crippen molar-refractivity contribution in [3.63, 3.8) is 0 Å². The number of guanidine groups is 1. The molecule has 6 nitrogen and oxygen atoms in total. The molecule has 0 spiro atoms. The van der Waals surface area contributed by atoms with E-state index in [4.69, 9.17) is 4.74 Å². The van der Waals surface area contributed by atoms with Gasteiger partial charge in [0, 0.05) is 46.4 Å². The van der Waals surface area contributed by atoms with E-state index >= 15 is 0 Å². The lowest BCUT2D eigenvalue weighted by Crippen LogP contribution is -2.55. The quantitative estimate of drug-likeness (QED) is 0.403. The van der Waals surface area contributed by atoms with Crippen LogP contribution in [-0.4, -0.2) is 67.6 Å². The van der Waals surface area contributed by atoms with Gasteiger partial charge in [0.15, 0.2) is 5.96 Å². The monoisotopic (exact) mass is 486 g/mol. The Morgan fingerprint density at radius 3 is 2.44 bits per heavy atom. The van der Waals surface area contributed by atoms with Crippen molar-refractivity contribution >= 4 is 35.8 Å². The molecule has 0 radical (unpaired) electrons. The van der Waals surface area contributed by atoms with Gasteiger partial charge in [0.25, 0.3) is 5.91 Å². The highest BCUT2D eigenvalue weighted by atomic mass is 127. The highest BCUT2D eigenvalue weighted by Crippen LogP contribution is 2.16. The Balaban J connectivity index is 0.00000261. The Bertz CT molecular complexity index is 639. The zero-order valence-corrected chi connectivity index (χ0v) is 18.6. The normalized spacial score (nSPS) is 20.4. The van der Waals surface area contributed by atoms with Crippen molar-refractivity contribution in [2.45, 2.75) is 38.8 Å². The van der Waals surface area contributed by atoms with Crippen molar-refractivity contribution in [3.05, 3.63) is 35.4 Å². The predicted molar refractivity (Wildman–Crippen MR) is 119 cm³/mol. The molecule has 0 aromatic heterocycles. The molecule has 1 aromatic carbocycles. The first-order chi connectivity index (χ1) is 12.7. The molecular weight excluding hydrogens is 455 g/mol. The first-order valence-corrected chi connectivity index (χ1v) is 9.65. The lowest BCUT2D eigenvalue weighted by Gasteiger charge is -2.37. The van der Waals surface area contributed by atoms with Crippen LogP contribution in [0, 0.1) is 0 Å². The van der Waals surface area contributed by atoms with E-state index in [1.54, 1.807) is 0 Å². The van der Waals surface area contributed by atoms with Crippen molar-refractivity contribution in [1.82, 2.24) is 15.1 Å². The zero-order valence-electron chi connectivity index (χ0n) is 16.3. The van der Waals surface area contributed by atoms with Crippen LogP contribution in [0.5, 0.6) is 0 Å². The van der Waals surface area contributed by atoms with Crippen LogP contribution in [0.3, 0.4) is 0 Å². The van der Waals surface area contributed by atoms with Crippen LogP contribution in [0.1, 0.15) is 30.9 Å². The number of nitrogens with one attached hydrogen (secondary N) is 1. The minimum absolute atomic E-state index is 0. The van der Waals surface area contributed by atoms with Crippen LogP contribution in [-0.2, 0) is 22.5 Å². The summed E-state index contributed by atoms with van der Waals surface area (Å²) in [4.78, 5) is 21.1. The predicted octanol–water partition coefficient (Wildman–Crippen LogP) is 2.27. The maximum absolute atomic E-state index is 12.5. The highest BCUT2D eigenvalue weighted by molar-refractivity contribution is 14.0. The maximum Gasteiger partial charge on any atom is 0.251 e. The fourth-order valence-electron chi connectivity index (χ4n) is 3.70. The number of carbonyl (C=O) groups excluding carboxylic acids is 1. The van der Waals surface area contributed by atoms with E-state index in [-0.39, 0.29) is 36.0 Å². The summed E-state index contributed by atoms with van der Waals surface area (Å²) in [6.07, 6.45) is 2.66. The van der Waals surface area contributed by atoms with E-state index in [1.807, 2.05) is 11.9 Å². The van der Waals surface area contributed by atoms with Crippen LogP contribution in [0.2, 0.25) is 0 Å². The molecule has 150 valence electrons. The van der Waals surface area contributed by atoms with Gasteiger partial charge in [-0.3, -0.25) is 9.79 Å². The number of piperazine rings is 1. The summed E-state index contributed by atoms with van der Waals surface area (Å²) in [6, 6.07) is 8.50. The van der Waals surface area contributed by atoms with Crippen molar-refractivity contribution < 1.29 is 9.53 Å². The molecule has 0 saturated carbocycles. The zero-order chi connectivity index (χ0) is 18.4. The molecule has 1 aromatic rings. The van der Waals surface area contributed by atoms with Crippen LogP contribution < -0.4 is 5.32 Å². The van der Waals surface area contributed by atoms with Gasteiger partial charge in [0.2, 0.25) is 0 Å². The van der Waals surface area contributed by atoms with E-state index in [0.29, 0.717) is 6.61 Å². The van der Waals surface area contributed by atoms with Crippen molar-refractivity contribution in [3.8, 4) is 0 Å². The number of hydrogen-bond donors (Lipinski definition) is 1. The molecule has 2 fully saturated rings. The molecule has 27 heavy (non-hydrogen) atoms. The molecule has 7 heteroatoms. The van der Waals surface area contributed by atoms with Gasteiger partial charge in [-0.25, -0.2) is 0 Å². The van der Waals surface area contributed by atoms with Crippen LogP contribution in [0.25, 0.3) is 0 Å². The Labute approximate surface area is 179 Å². The third-order valence-corrected chi connectivity index (χ3v) is 5.24. The molecule has 0 aliphatic carbocycles. The number of aryl methyl sites for hydroxylation is 1. The molecule has 2 aliphatic rings. The largest absolute Gasteiger partial charge is 0.368 e.